The number of anilines is 1. The summed E-state index contributed by atoms with van der Waals surface area (Å²) in [6.45, 7) is 3.80. The number of ether oxygens (including phenoxy) is 1. The molecule has 1 aliphatic rings. The molecule has 6 nitrogen and oxygen atoms in total. The minimum Gasteiger partial charge on any atom is -0.490 e. The van der Waals surface area contributed by atoms with Crippen LogP contribution in [0, 0.1) is 10.1 Å². The van der Waals surface area contributed by atoms with E-state index in [0.29, 0.717) is 5.75 Å². The molecule has 0 aromatic heterocycles. The largest absolute Gasteiger partial charge is 0.490 e. The standard InChI is InChI=1S/C12H17N3O3/c1-18-12-9-10(3-4-11(12)15(16)17)14-7-2-5-13-6-8-14/h3-4,9,13H,2,5-8H2,1H3. The van der Waals surface area contributed by atoms with Crippen LogP contribution in [0.5, 0.6) is 5.75 Å². The summed E-state index contributed by atoms with van der Waals surface area (Å²) in [5.41, 5.74) is 0.982. The Hall–Kier alpha value is -1.82. The van der Waals surface area contributed by atoms with E-state index in [1.54, 1.807) is 12.1 Å². The van der Waals surface area contributed by atoms with Crippen molar-refractivity contribution in [2.45, 2.75) is 6.42 Å². The summed E-state index contributed by atoms with van der Waals surface area (Å²) in [5.74, 6) is 0.315. The van der Waals surface area contributed by atoms with Gasteiger partial charge < -0.3 is 15.0 Å². The number of nitro groups is 1. The van der Waals surface area contributed by atoms with Gasteiger partial charge in [0.05, 0.1) is 12.0 Å². The molecule has 1 aromatic carbocycles. The molecule has 18 heavy (non-hydrogen) atoms. The van der Waals surface area contributed by atoms with Crippen molar-refractivity contribution in [3.05, 3.63) is 28.3 Å². The fourth-order valence-electron chi connectivity index (χ4n) is 2.12. The molecule has 1 N–H and O–H groups in total. The maximum atomic E-state index is 10.8. The maximum Gasteiger partial charge on any atom is 0.311 e. The van der Waals surface area contributed by atoms with Gasteiger partial charge >= 0.3 is 5.69 Å². The molecule has 1 heterocycles. The number of nitrogens with one attached hydrogen (secondary N) is 1. The van der Waals surface area contributed by atoms with E-state index in [1.165, 1.54) is 13.2 Å². The van der Waals surface area contributed by atoms with Gasteiger partial charge in [-0.1, -0.05) is 0 Å². The van der Waals surface area contributed by atoms with E-state index >= 15 is 0 Å². The van der Waals surface area contributed by atoms with Crippen LogP contribution < -0.4 is 15.0 Å². The van der Waals surface area contributed by atoms with Crippen molar-refractivity contribution >= 4 is 11.4 Å². The predicted molar refractivity (Wildman–Crippen MR) is 69.3 cm³/mol. The first-order valence-corrected chi connectivity index (χ1v) is 6.00. The van der Waals surface area contributed by atoms with Crippen LogP contribution in [0.15, 0.2) is 18.2 Å². The van der Waals surface area contributed by atoms with Gasteiger partial charge in [0.1, 0.15) is 0 Å². The van der Waals surface area contributed by atoms with Crippen LogP contribution in [0.3, 0.4) is 0 Å². The predicted octanol–water partition coefficient (Wildman–Crippen LogP) is 1.40. The van der Waals surface area contributed by atoms with Crippen LogP contribution in [0.4, 0.5) is 11.4 Å². The molecular weight excluding hydrogens is 234 g/mol. The van der Waals surface area contributed by atoms with E-state index in [2.05, 4.69) is 10.2 Å². The van der Waals surface area contributed by atoms with Gasteiger partial charge in [-0.25, -0.2) is 0 Å². The zero-order valence-electron chi connectivity index (χ0n) is 10.4. The lowest BCUT2D eigenvalue weighted by molar-refractivity contribution is -0.385. The molecular formula is C12H17N3O3. The SMILES string of the molecule is COc1cc(N2CCCNCC2)ccc1[N+](=O)[O-]. The first-order chi connectivity index (χ1) is 8.72. The second-order valence-electron chi connectivity index (χ2n) is 4.20. The molecule has 2 rings (SSSR count). The van der Waals surface area contributed by atoms with Gasteiger partial charge in [0.2, 0.25) is 0 Å². The zero-order chi connectivity index (χ0) is 13.0. The molecule has 0 amide bonds. The Labute approximate surface area is 106 Å². The summed E-state index contributed by atoms with van der Waals surface area (Å²) in [7, 11) is 1.45. The zero-order valence-corrected chi connectivity index (χ0v) is 10.4. The highest BCUT2D eigenvalue weighted by Crippen LogP contribution is 2.31. The quantitative estimate of drug-likeness (QED) is 0.649. The maximum absolute atomic E-state index is 10.8. The molecule has 0 unspecified atom stereocenters. The molecule has 0 aliphatic carbocycles. The lowest BCUT2D eigenvalue weighted by Gasteiger charge is -2.22. The highest BCUT2D eigenvalue weighted by atomic mass is 16.6. The molecule has 6 heteroatoms. The molecule has 0 radical (unpaired) electrons. The number of hydrogen-bond donors (Lipinski definition) is 1. The minimum atomic E-state index is -0.424. The van der Waals surface area contributed by atoms with E-state index in [9.17, 15) is 10.1 Å². The monoisotopic (exact) mass is 251 g/mol. The van der Waals surface area contributed by atoms with E-state index in [0.717, 1.165) is 38.3 Å². The normalized spacial score (nSPS) is 16.2. The third-order valence-electron chi connectivity index (χ3n) is 3.07. The average molecular weight is 251 g/mol. The second-order valence-corrected chi connectivity index (χ2v) is 4.20. The van der Waals surface area contributed by atoms with Crippen molar-refractivity contribution in [1.82, 2.24) is 5.32 Å². The summed E-state index contributed by atoms with van der Waals surface area (Å²) < 4.78 is 5.09. The number of nitrogens with zero attached hydrogens (tertiary/aromatic N) is 2. The molecule has 1 aromatic rings. The van der Waals surface area contributed by atoms with Gasteiger partial charge in [0, 0.05) is 37.5 Å². The van der Waals surface area contributed by atoms with Crippen molar-refractivity contribution in [2.75, 3.05) is 38.2 Å². The third-order valence-corrected chi connectivity index (χ3v) is 3.07. The second kappa shape index (κ2) is 5.68. The summed E-state index contributed by atoms with van der Waals surface area (Å²) in [5, 5.41) is 14.1. The molecule has 98 valence electrons. The lowest BCUT2D eigenvalue weighted by atomic mass is 10.2. The van der Waals surface area contributed by atoms with E-state index in [1.807, 2.05) is 0 Å². The van der Waals surface area contributed by atoms with Crippen LogP contribution in [0.1, 0.15) is 6.42 Å². The first kappa shape index (κ1) is 12.6. The Morgan fingerprint density at radius 1 is 1.39 bits per heavy atom. The molecule has 1 saturated heterocycles. The molecule has 0 spiro atoms. The summed E-state index contributed by atoms with van der Waals surface area (Å²) in [6.07, 6.45) is 1.07. The van der Waals surface area contributed by atoms with Crippen LogP contribution in [0.2, 0.25) is 0 Å². The summed E-state index contributed by atoms with van der Waals surface area (Å²) >= 11 is 0. The van der Waals surface area contributed by atoms with Crippen molar-refractivity contribution in [3.8, 4) is 5.75 Å². The highest BCUT2D eigenvalue weighted by Gasteiger charge is 2.17. The lowest BCUT2D eigenvalue weighted by Crippen LogP contribution is -2.27. The number of benzene rings is 1. The Balaban J connectivity index is 2.25. The van der Waals surface area contributed by atoms with E-state index in [4.69, 9.17) is 4.74 Å². The number of rotatable bonds is 3. The van der Waals surface area contributed by atoms with Gasteiger partial charge in [-0.05, 0) is 19.0 Å². The summed E-state index contributed by atoms with van der Waals surface area (Å²) in [4.78, 5) is 12.6. The number of hydrogen-bond acceptors (Lipinski definition) is 5. The van der Waals surface area contributed by atoms with Crippen LogP contribution in [0.25, 0.3) is 0 Å². The Bertz CT molecular complexity index is 429. The fraction of sp³-hybridized carbons (Fsp3) is 0.500. The van der Waals surface area contributed by atoms with Crippen molar-refractivity contribution in [2.24, 2.45) is 0 Å². The average Bonchev–Trinajstić information content (AvgIpc) is 2.66. The Kier molecular flexibility index (Phi) is 3.99. The molecule has 1 fully saturated rings. The Morgan fingerprint density at radius 3 is 2.94 bits per heavy atom. The van der Waals surface area contributed by atoms with Crippen LogP contribution >= 0.6 is 0 Å². The van der Waals surface area contributed by atoms with E-state index < -0.39 is 4.92 Å². The van der Waals surface area contributed by atoms with Crippen LogP contribution in [-0.2, 0) is 0 Å². The fourth-order valence-corrected chi connectivity index (χ4v) is 2.12. The van der Waals surface area contributed by atoms with Crippen molar-refractivity contribution < 1.29 is 9.66 Å². The van der Waals surface area contributed by atoms with Gasteiger partial charge in [-0.3, -0.25) is 10.1 Å². The highest BCUT2D eigenvalue weighted by molar-refractivity contribution is 5.59. The molecule has 0 saturated carbocycles. The van der Waals surface area contributed by atoms with Gasteiger partial charge in [-0.2, -0.15) is 0 Å². The van der Waals surface area contributed by atoms with Gasteiger partial charge in [-0.15, -0.1) is 0 Å². The van der Waals surface area contributed by atoms with Gasteiger partial charge in [0.15, 0.2) is 5.75 Å². The smallest absolute Gasteiger partial charge is 0.311 e. The summed E-state index contributed by atoms with van der Waals surface area (Å²) in [6, 6.07) is 5.03. The van der Waals surface area contributed by atoms with E-state index in [-0.39, 0.29) is 5.69 Å². The third kappa shape index (κ3) is 2.70. The van der Waals surface area contributed by atoms with Gasteiger partial charge in [0.25, 0.3) is 0 Å². The number of methoxy groups -OCH3 is 1. The first-order valence-electron chi connectivity index (χ1n) is 6.00. The molecule has 0 atom stereocenters. The topological polar surface area (TPSA) is 67.6 Å². The van der Waals surface area contributed by atoms with Crippen molar-refractivity contribution in [1.29, 1.82) is 0 Å². The minimum absolute atomic E-state index is 0.00852. The number of nitro benzene ring substituents is 1. The Morgan fingerprint density at radius 2 is 2.22 bits per heavy atom. The molecule has 1 aliphatic heterocycles. The van der Waals surface area contributed by atoms with Crippen LogP contribution in [-0.4, -0.2) is 38.2 Å². The van der Waals surface area contributed by atoms with Crippen molar-refractivity contribution in [3.63, 3.8) is 0 Å². The molecule has 0 bridgehead atoms.